The van der Waals surface area contributed by atoms with Crippen molar-refractivity contribution in [2.24, 2.45) is 17.8 Å². The zero-order valence-electron chi connectivity index (χ0n) is 12.6. The third kappa shape index (κ3) is 3.53. The van der Waals surface area contributed by atoms with Crippen molar-refractivity contribution in [3.05, 3.63) is 47.5 Å². The van der Waals surface area contributed by atoms with Gasteiger partial charge in [0.25, 0.3) is 5.91 Å². The SMILES string of the molecule is Cc1ccc(C(=O)NCCNCC2CC3C=CC2C3)cc1. The number of fused-ring (bicyclic) bond motifs is 2. The fourth-order valence-electron chi connectivity index (χ4n) is 3.49. The maximum Gasteiger partial charge on any atom is 0.251 e. The summed E-state index contributed by atoms with van der Waals surface area (Å²) in [7, 11) is 0. The average molecular weight is 284 g/mol. The normalized spacial score (nSPS) is 26.2. The second-order valence-electron chi connectivity index (χ2n) is 6.37. The van der Waals surface area contributed by atoms with Gasteiger partial charge in [-0.1, -0.05) is 29.8 Å². The lowest BCUT2D eigenvalue weighted by molar-refractivity contribution is 0.0954. The van der Waals surface area contributed by atoms with Gasteiger partial charge in [0.1, 0.15) is 0 Å². The number of amides is 1. The van der Waals surface area contributed by atoms with Crippen molar-refractivity contribution in [1.29, 1.82) is 0 Å². The molecule has 2 bridgehead atoms. The number of hydrogen-bond donors (Lipinski definition) is 2. The zero-order valence-corrected chi connectivity index (χ0v) is 12.6. The molecule has 3 unspecified atom stereocenters. The van der Waals surface area contributed by atoms with Crippen molar-refractivity contribution < 1.29 is 4.79 Å². The first kappa shape index (κ1) is 14.3. The lowest BCUT2D eigenvalue weighted by atomic mass is 9.94. The highest BCUT2D eigenvalue weighted by molar-refractivity contribution is 5.94. The second kappa shape index (κ2) is 6.44. The van der Waals surface area contributed by atoms with Gasteiger partial charge in [-0.25, -0.2) is 0 Å². The first-order valence-electron chi connectivity index (χ1n) is 7.96. The minimum Gasteiger partial charge on any atom is -0.351 e. The summed E-state index contributed by atoms with van der Waals surface area (Å²) in [6.07, 6.45) is 7.46. The standard InChI is InChI=1S/C18H24N2O/c1-13-2-5-15(6-3-13)18(21)20-9-8-19-12-17-11-14-4-7-16(17)10-14/h2-7,14,16-17,19H,8-12H2,1H3,(H,20,21). The molecule has 0 radical (unpaired) electrons. The predicted octanol–water partition coefficient (Wildman–Crippen LogP) is 2.53. The van der Waals surface area contributed by atoms with Crippen LogP contribution >= 0.6 is 0 Å². The van der Waals surface area contributed by atoms with Crippen LogP contribution in [0, 0.1) is 24.7 Å². The molecule has 112 valence electrons. The van der Waals surface area contributed by atoms with E-state index in [1.165, 1.54) is 18.4 Å². The Morgan fingerprint density at radius 2 is 1.95 bits per heavy atom. The third-order valence-electron chi connectivity index (χ3n) is 4.72. The summed E-state index contributed by atoms with van der Waals surface area (Å²) < 4.78 is 0. The van der Waals surface area contributed by atoms with E-state index in [2.05, 4.69) is 22.8 Å². The Morgan fingerprint density at radius 1 is 1.14 bits per heavy atom. The summed E-state index contributed by atoms with van der Waals surface area (Å²) in [6, 6.07) is 7.69. The molecule has 0 aromatic heterocycles. The molecule has 2 aliphatic carbocycles. The first-order chi connectivity index (χ1) is 10.2. The van der Waals surface area contributed by atoms with E-state index in [9.17, 15) is 4.79 Å². The maximum atomic E-state index is 11.9. The van der Waals surface area contributed by atoms with E-state index < -0.39 is 0 Å². The van der Waals surface area contributed by atoms with Crippen LogP contribution in [0.4, 0.5) is 0 Å². The molecule has 1 aromatic rings. The molecule has 3 rings (SSSR count). The number of allylic oxidation sites excluding steroid dienone is 2. The van der Waals surface area contributed by atoms with E-state index in [1.807, 2.05) is 31.2 Å². The molecular formula is C18H24N2O. The molecule has 1 fully saturated rings. The van der Waals surface area contributed by atoms with E-state index >= 15 is 0 Å². The summed E-state index contributed by atoms with van der Waals surface area (Å²) in [5.74, 6) is 2.44. The summed E-state index contributed by atoms with van der Waals surface area (Å²) >= 11 is 0. The molecule has 0 spiro atoms. The van der Waals surface area contributed by atoms with Crippen molar-refractivity contribution in [1.82, 2.24) is 10.6 Å². The van der Waals surface area contributed by atoms with Crippen LogP contribution in [0.5, 0.6) is 0 Å². The van der Waals surface area contributed by atoms with Gasteiger partial charge in [-0.2, -0.15) is 0 Å². The molecule has 2 aliphatic rings. The van der Waals surface area contributed by atoms with Gasteiger partial charge in [-0.15, -0.1) is 0 Å². The fourth-order valence-corrected chi connectivity index (χ4v) is 3.49. The van der Waals surface area contributed by atoms with E-state index in [-0.39, 0.29) is 5.91 Å². The second-order valence-corrected chi connectivity index (χ2v) is 6.37. The quantitative estimate of drug-likeness (QED) is 0.622. The lowest BCUT2D eigenvalue weighted by Gasteiger charge is -2.18. The monoisotopic (exact) mass is 284 g/mol. The van der Waals surface area contributed by atoms with Crippen molar-refractivity contribution in [2.75, 3.05) is 19.6 Å². The average Bonchev–Trinajstić information content (AvgIpc) is 3.10. The van der Waals surface area contributed by atoms with Crippen LogP contribution in [0.1, 0.15) is 28.8 Å². The molecule has 21 heavy (non-hydrogen) atoms. The van der Waals surface area contributed by atoms with Gasteiger partial charge in [-0.3, -0.25) is 4.79 Å². The number of benzene rings is 1. The van der Waals surface area contributed by atoms with E-state index in [1.54, 1.807) is 0 Å². The van der Waals surface area contributed by atoms with Crippen LogP contribution in [0.25, 0.3) is 0 Å². The number of hydrogen-bond acceptors (Lipinski definition) is 2. The third-order valence-corrected chi connectivity index (χ3v) is 4.72. The predicted molar refractivity (Wildman–Crippen MR) is 85.2 cm³/mol. The highest BCUT2D eigenvalue weighted by atomic mass is 16.1. The Hall–Kier alpha value is -1.61. The first-order valence-corrected chi connectivity index (χ1v) is 7.96. The molecule has 0 heterocycles. The Labute approximate surface area is 126 Å². The highest BCUT2D eigenvalue weighted by Gasteiger charge is 2.34. The fraction of sp³-hybridized carbons (Fsp3) is 0.500. The van der Waals surface area contributed by atoms with Crippen LogP contribution in [0.15, 0.2) is 36.4 Å². The highest BCUT2D eigenvalue weighted by Crippen LogP contribution is 2.42. The van der Waals surface area contributed by atoms with Gasteiger partial charge in [0.2, 0.25) is 0 Å². The van der Waals surface area contributed by atoms with Crippen molar-refractivity contribution in [3.8, 4) is 0 Å². The van der Waals surface area contributed by atoms with Gasteiger partial charge in [-0.05, 0) is 56.2 Å². The van der Waals surface area contributed by atoms with Gasteiger partial charge in [0, 0.05) is 18.7 Å². The summed E-state index contributed by atoms with van der Waals surface area (Å²) in [4.78, 5) is 11.9. The molecule has 3 atom stereocenters. The minimum absolute atomic E-state index is 0.0136. The van der Waals surface area contributed by atoms with E-state index in [0.29, 0.717) is 6.54 Å². The van der Waals surface area contributed by atoms with Gasteiger partial charge in [0.15, 0.2) is 0 Å². The summed E-state index contributed by atoms with van der Waals surface area (Å²) in [6.45, 7) is 4.63. The topological polar surface area (TPSA) is 41.1 Å². The molecule has 1 aromatic carbocycles. The van der Waals surface area contributed by atoms with Crippen LogP contribution < -0.4 is 10.6 Å². The van der Waals surface area contributed by atoms with Crippen molar-refractivity contribution in [3.63, 3.8) is 0 Å². The minimum atomic E-state index is 0.0136. The molecular weight excluding hydrogens is 260 g/mol. The number of carbonyl (C=O) groups excluding carboxylic acids is 1. The van der Waals surface area contributed by atoms with Crippen LogP contribution in [-0.2, 0) is 0 Å². The molecule has 2 N–H and O–H groups in total. The molecule has 3 heteroatoms. The maximum absolute atomic E-state index is 11.9. The van der Waals surface area contributed by atoms with Crippen LogP contribution in [0.2, 0.25) is 0 Å². The Bertz CT molecular complexity index is 521. The summed E-state index contributed by atoms with van der Waals surface area (Å²) in [5, 5.41) is 6.44. The summed E-state index contributed by atoms with van der Waals surface area (Å²) in [5.41, 5.74) is 1.91. The Kier molecular flexibility index (Phi) is 4.39. The molecule has 0 saturated heterocycles. The number of carbonyl (C=O) groups is 1. The molecule has 1 saturated carbocycles. The van der Waals surface area contributed by atoms with E-state index in [4.69, 9.17) is 0 Å². The Balaban J connectivity index is 1.32. The lowest BCUT2D eigenvalue weighted by Crippen LogP contribution is -2.34. The largest absolute Gasteiger partial charge is 0.351 e. The van der Waals surface area contributed by atoms with Gasteiger partial charge in [0.05, 0.1) is 0 Å². The van der Waals surface area contributed by atoms with Crippen molar-refractivity contribution in [2.45, 2.75) is 19.8 Å². The smallest absolute Gasteiger partial charge is 0.251 e. The van der Waals surface area contributed by atoms with Crippen LogP contribution in [-0.4, -0.2) is 25.5 Å². The van der Waals surface area contributed by atoms with Crippen molar-refractivity contribution >= 4 is 5.91 Å². The Morgan fingerprint density at radius 3 is 2.62 bits per heavy atom. The van der Waals surface area contributed by atoms with Crippen LogP contribution in [0.3, 0.4) is 0 Å². The van der Waals surface area contributed by atoms with Gasteiger partial charge < -0.3 is 10.6 Å². The number of rotatable bonds is 6. The number of nitrogens with one attached hydrogen (secondary N) is 2. The van der Waals surface area contributed by atoms with Gasteiger partial charge >= 0.3 is 0 Å². The number of aryl methyl sites for hydroxylation is 1. The zero-order chi connectivity index (χ0) is 14.7. The molecule has 0 aliphatic heterocycles. The van der Waals surface area contributed by atoms with E-state index in [0.717, 1.165) is 36.4 Å². The molecule has 3 nitrogen and oxygen atoms in total. The molecule has 1 amide bonds.